The maximum atomic E-state index is 12.2. The van der Waals surface area contributed by atoms with E-state index in [0.717, 1.165) is 37.5 Å². The molecule has 1 amide bonds. The zero-order valence-electron chi connectivity index (χ0n) is 16.2. The molecule has 1 aromatic carbocycles. The van der Waals surface area contributed by atoms with Crippen LogP contribution in [0.5, 0.6) is 0 Å². The molecule has 0 aliphatic carbocycles. The number of hydrogen-bond acceptors (Lipinski definition) is 4. The first-order chi connectivity index (χ1) is 13.1. The van der Waals surface area contributed by atoms with E-state index in [1.165, 1.54) is 0 Å². The first-order valence-corrected chi connectivity index (χ1v) is 10.9. The van der Waals surface area contributed by atoms with Gasteiger partial charge in [0.15, 0.2) is 5.96 Å². The number of nitrogens with one attached hydrogen (secondary N) is 3. The molecule has 1 fully saturated rings. The Balaban J connectivity index is 1.64. The minimum atomic E-state index is -0.897. The van der Waals surface area contributed by atoms with Crippen molar-refractivity contribution in [1.29, 1.82) is 0 Å². The Hall–Kier alpha value is -1.93. The van der Waals surface area contributed by atoms with Crippen molar-refractivity contribution in [2.75, 3.05) is 46.0 Å². The van der Waals surface area contributed by atoms with Crippen molar-refractivity contribution in [2.24, 2.45) is 4.99 Å². The Bertz CT molecular complexity index is 630. The van der Waals surface area contributed by atoms with Crippen LogP contribution in [-0.4, -0.2) is 73.0 Å². The van der Waals surface area contributed by atoms with E-state index in [9.17, 15) is 9.00 Å². The van der Waals surface area contributed by atoms with E-state index in [0.29, 0.717) is 30.6 Å². The van der Waals surface area contributed by atoms with Crippen molar-refractivity contribution in [3.63, 3.8) is 0 Å². The van der Waals surface area contributed by atoms with Crippen LogP contribution in [0, 0.1) is 0 Å². The van der Waals surface area contributed by atoms with Crippen molar-refractivity contribution in [1.82, 2.24) is 20.9 Å². The van der Waals surface area contributed by atoms with Crippen LogP contribution in [0.15, 0.2) is 35.3 Å². The van der Waals surface area contributed by atoms with Gasteiger partial charge in [-0.1, -0.05) is 30.3 Å². The number of likely N-dealkylation sites (tertiary alicyclic amines) is 1. The van der Waals surface area contributed by atoms with E-state index in [1.54, 1.807) is 14.1 Å². The number of benzene rings is 1. The maximum absolute atomic E-state index is 12.2. The second-order valence-electron chi connectivity index (χ2n) is 6.64. The number of carbonyl (C=O) groups excluding carboxylic acids is 1. The lowest BCUT2D eigenvalue weighted by atomic mass is 10.1. The standard InChI is InChI=1S/C19H31N5O2S/c1-20-18(25)14-24-11-8-17(9-12-24)23-19(21-2)22-10-13-27(26)15-16-6-4-3-5-7-16/h3-7,17H,8-15H2,1-2H3,(H,20,25)(H2,21,22,23). The highest BCUT2D eigenvalue weighted by Crippen LogP contribution is 2.09. The summed E-state index contributed by atoms with van der Waals surface area (Å²) in [6.45, 7) is 2.87. The Morgan fingerprint density at radius 2 is 1.96 bits per heavy atom. The molecule has 1 aliphatic rings. The van der Waals surface area contributed by atoms with Crippen LogP contribution in [0.1, 0.15) is 18.4 Å². The molecule has 3 N–H and O–H groups in total. The number of piperidine rings is 1. The molecular weight excluding hydrogens is 362 g/mol. The van der Waals surface area contributed by atoms with Crippen molar-refractivity contribution >= 4 is 22.7 Å². The van der Waals surface area contributed by atoms with Gasteiger partial charge in [-0.3, -0.25) is 18.9 Å². The number of carbonyl (C=O) groups is 1. The third kappa shape index (κ3) is 8.09. The van der Waals surface area contributed by atoms with E-state index in [-0.39, 0.29) is 5.91 Å². The van der Waals surface area contributed by atoms with Gasteiger partial charge in [0.2, 0.25) is 5.91 Å². The van der Waals surface area contributed by atoms with Gasteiger partial charge in [0.05, 0.1) is 6.54 Å². The lowest BCUT2D eigenvalue weighted by Crippen LogP contribution is -2.50. The molecule has 0 saturated carbocycles. The summed E-state index contributed by atoms with van der Waals surface area (Å²) in [5, 5.41) is 9.35. The van der Waals surface area contributed by atoms with Crippen LogP contribution in [0.3, 0.4) is 0 Å². The fourth-order valence-corrected chi connectivity index (χ4v) is 4.06. The lowest BCUT2D eigenvalue weighted by Gasteiger charge is -2.32. The second-order valence-corrected chi connectivity index (χ2v) is 8.22. The molecule has 1 aliphatic heterocycles. The zero-order chi connectivity index (χ0) is 19.5. The molecule has 8 heteroatoms. The molecule has 1 saturated heterocycles. The number of amides is 1. The van der Waals surface area contributed by atoms with Crippen LogP contribution in [0.4, 0.5) is 0 Å². The summed E-state index contributed by atoms with van der Waals surface area (Å²) in [6.07, 6.45) is 1.94. The highest BCUT2D eigenvalue weighted by Gasteiger charge is 2.21. The van der Waals surface area contributed by atoms with Crippen LogP contribution in [-0.2, 0) is 21.3 Å². The Kier molecular flexibility index (Phi) is 9.27. The minimum Gasteiger partial charge on any atom is -0.358 e. The van der Waals surface area contributed by atoms with Gasteiger partial charge in [0, 0.05) is 62.1 Å². The van der Waals surface area contributed by atoms with Gasteiger partial charge < -0.3 is 16.0 Å². The fourth-order valence-electron chi connectivity index (χ4n) is 3.02. The number of guanidine groups is 1. The molecular formula is C19H31N5O2S. The molecule has 1 atom stereocenters. The molecule has 7 nitrogen and oxygen atoms in total. The van der Waals surface area contributed by atoms with Crippen LogP contribution in [0.25, 0.3) is 0 Å². The topological polar surface area (TPSA) is 85.8 Å². The Morgan fingerprint density at radius 1 is 1.26 bits per heavy atom. The average Bonchev–Trinajstić information content (AvgIpc) is 2.69. The quantitative estimate of drug-likeness (QED) is 0.437. The summed E-state index contributed by atoms with van der Waals surface area (Å²) in [4.78, 5) is 17.9. The molecule has 150 valence electrons. The third-order valence-corrected chi connectivity index (χ3v) is 5.91. The highest BCUT2D eigenvalue weighted by atomic mass is 32.2. The number of nitrogens with zero attached hydrogens (tertiary/aromatic N) is 2. The number of rotatable bonds is 8. The summed E-state index contributed by atoms with van der Waals surface area (Å²) in [6, 6.07) is 10.2. The van der Waals surface area contributed by atoms with Gasteiger partial charge in [-0.05, 0) is 18.4 Å². The van der Waals surface area contributed by atoms with Crippen LogP contribution < -0.4 is 16.0 Å². The van der Waals surface area contributed by atoms with E-state index in [1.807, 2.05) is 30.3 Å². The normalized spacial score (nSPS) is 17.3. The first-order valence-electron chi connectivity index (χ1n) is 9.39. The number of likely N-dealkylation sites (N-methyl/N-ethyl adjacent to an activating group) is 1. The Labute approximate surface area is 164 Å². The zero-order valence-corrected chi connectivity index (χ0v) is 17.1. The van der Waals surface area contributed by atoms with E-state index in [2.05, 4.69) is 25.8 Å². The molecule has 0 spiro atoms. The SMILES string of the molecule is CN=C(NCCS(=O)Cc1ccccc1)NC1CCN(CC(=O)NC)CC1. The van der Waals surface area contributed by atoms with E-state index < -0.39 is 10.8 Å². The second kappa shape index (κ2) is 11.7. The molecule has 2 rings (SSSR count). The average molecular weight is 394 g/mol. The largest absolute Gasteiger partial charge is 0.358 e. The smallest absolute Gasteiger partial charge is 0.233 e. The summed E-state index contributed by atoms with van der Waals surface area (Å²) in [5.74, 6) is 1.97. The monoisotopic (exact) mass is 393 g/mol. The predicted octanol–water partition coefficient (Wildman–Crippen LogP) is 0.311. The van der Waals surface area contributed by atoms with E-state index in [4.69, 9.17) is 0 Å². The predicted molar refractivity (Wildman–Crippen MR) is 111 cm³/mol. The lowest BCUT2D eigenvalue weighted by molar-refractivity contribution is -0.122. The number of hydrogen-bond donors (Lipinski definition) is 3. The van der Waals surface area contributed by atoms with Gasteiger partial charge in [0.1, 0.15) is 0 Å². The first kappa shape index (κ1) is 21.4. The minimum absolute atomic E-state index is 0.0578. The summed E-state index contributed by atoms with van der Waals surface area (Å²) in [7, 11) is 2.52. The molecule has 0 bridgehead atoms. The van der Waals surface area contributed by atoms with Crippen molar-refractivity contribution in [2.45, 2.75) is 24.6 Å². The third-order valence-electron chi connectivity index (χ3n) is 4.59. The summed E-state index contributed by atoms with van der Waals surface area (Å²) in [5.41, 5.74) is 1.10. The van der Waals surface area contributed by atoms with Crippen LogP contribution >= 0.6 is 0 Å². The summed E-state index contributed by atoms with van der Waals surface area (Å²) >= 11 is 0. The van der Waals surface area contributed by atoms with Gasteiger partial charge in [-0.2, -0.15) is 0 Å². The van der Waals surface area contributed by atoms with Gasteiger partial charge in [-0.25, -0.2) is 0 Å². The molecule has 1 heterocycles. The van der Waals surface area contributed by atoms with Gasteiger partial charge in [0.25, 0.3) is 0 Å². The summed E-state index contributed by atoms with van der Waals surface area (Å²) < 4.78 is 12.2. The highest BCUT2D eigenvalue weighted by molar-refractivity contribution is 7.84. The van der Waals surface area contributed by atoms with Crippen LogP contribution in [0.2, 0.25) is 0 Å². The number of aliphatic imine (C=N–C) groups is 1. The van der Waals surface area contributed by atoms with Crippen molar-refractivity contribution < 1.29 is 9.00 Å². The molecule has 0 radical (unpaired) electrons. The van der Waals surface area contributed by atoms with Crippen molar-refractivity contribution in [3.05, 3.63) is 35.9 Å². The Morgan fingerprint density at radius 3 is 2.59 bits per heavy atom. The molecule has 27 heavy (non-hydrogen) atoms. The maximum Gasteiger partial charge on any atom is 0.233 e. The van der Waals surface area contributed by atoms with Gasteiger partial charge >= 0.3 is 0 Å². The molecule has 1 unspecified atom stereocenters. The molecule has 1 aromatic rings. The van der Waals surface area contributed by atoms with E-state index >= 15 is 0 Å². The fraction of sp³-hybridized carbons (Fsp3) is 0.579. The van der Waals surface area contributed by atoms with Gasteiger partial charge in [-0.15, -0.1) is 0 Å². The molecule has 0 aromatic heterocycles. The van der Waals surface area contributed by atoms with Crippen molar-refractivity contribution in [3.8, 4) is 0 Å².